The summed E-state index contributed by atoms with van der Waals surface area (Å²) in [5, 5.41) is 3.08. The SMILES string of the molecule is CC(C)C(CNC(=O)c1cccc(I)c1)N1CCOCC1. The van der Waals surface area contributed by atoms with Gasteiger partial charge in [-0.1, -0.05) is 19.9 Å². The highest BCUT2D eigenvalue weighted by atomic mass is 127. The van der Waals surface area contributed by atoms with Crippen LogP contribution in [0.5, 0.6) is 0 Å². The fourth-order valence-corrected chi connectivity index (χ4v) is 3.17. The Hall–Kier alpha value is -0.660. The second-order valence-electron chi connectivity index (χ2n) is 5.68. The third-order valence-electron chi connectivity index (χ3n) is 3.84. The summed E-state index contributed by atoms with van der Waals surface area (Å²) in [5.74, 6) is 0.506. The first kappa shape index (κ1) is 16.7. The van der Waals surface area contributed by atoms with Gasteiger partial charge in [0.05, 0.1) is 13.2 Å². The number of nitrogens with one attached hydrogen (secondary N) is 1. The lowest BCUT2D eigenvalue weighted by atomic mass is 10.0. The quantitative estimate of drug-likeness (QED) is 0.770. The van der Waals surface area contributed by atoms with E-state index in [1.165, 1.54) is 0 Å². The van der Waals surface area contributed by atoms with E-state index < -0.39 is 0 Å². The predicted octanol–water partition coefficient (Wildman–Crippen LogP) is 2.38. The number of hydrogen-bond acceptors (Lipinski definition) is 3. The number of ether oxygens (including phenoxy) is 1. The Morgan fingerprint density at radius 3 is 2.71 bits per heavy atom. The summed E-state index contributed by atoms with van der Waals surface area (Å²) >= 11 is 2.22. The molecule has 1 saturated heterocycles. The van der Waals surface area contributed by atoms with Crippen molar-refractivity contribution in [2.24, 2.45) is 5.92 Å². The van der Waals surface area contributed by atoms with Crippen LogP contribution in [-0.4, -0.2) is 49.7 Å². The number of benzene rings is 1. The Morgan fingerprint density at radius 2 is 2.10 bits per heavy atom. The van der Waals surface area contributed by atoms with Crippen LogP contribution in [0.4, 0.5) is 0 Å². The van der Waals surface area contributed by atoms with Crippen LogP contribution >= 0.6 is 22.6 Å². The van der Waals surface area contributed by atoms with Gasteiger partial charge in [-0.2, -0.15) is 0 Å². The highest BCUT2D eigenvalue weighted by Gasteiger charge is 2.24. The van der Waals surface area contributed by atoms with E-state index >= 15 is 0 Å². The van der Waals surface area contributed by atoms with Crippen LogP contribution in [0.25, 0.3) is 0 Å². The molecule has 1 fully saturated rings. The molecule has 1 aromatic rings. The van der Waals surface area contributed by atoms with Gasteiger partial charge < -0.3 is 10.1 Å². The van der Waals surface area contributed by atoms with Crippen molar-refractivity contribution in [1.29, 1.82) is 0 Å². The second kappa shape index (κ2) is 8.10. The number of halogens is 1. The van der Waals surface area contributed by atoms with E-state index in [4.69, 9.17) is 4.74 Å². The van der Waals surface area contributed by atoms with Crippen LogP contribution in [0.15, 0.2) is 24.3 Å². The average Bonchev–Trinajstić information content (AvgIpc) is 2.48. The largest absolute Gasteiger partial charge is 0.379 e. The van der Waals surface area contributed by atoms with Crippen molar-refractivity contribution in [3.63, 3.8) is 0 Å². The van der Waals surface area contributed by atoms with Crippen molar-refractivity contribution < 1.29 is 9.53 Å². The summed E-state index contributed by atoms with van der Waals surface area (Å²) in [6.45, 7) is 8.56. The molecule has 2 rings (SSSR count). The molecular formula is C16H23IN2O2. The highest BCUT2D eigenvalue weighted by molar-refractivity contribution is 14.1. The van der Waals surface area contributed by atoms with Gasteiger partial charge in [0.2, 0.25) is 0 Å². The molecule has 0 spiro atoms. The van der Waals surface area contributed by atoms with Crippen molar-refractivity contribution in [2.75, 3.05) is 32.8 Å². The molecule has 0 aliphatic carbocycles. The minimum atomic E-state index is 0.00688. The van der Waals surface area contributed by atoms with Gasteiger partial charge in [0.1, 0.15) is 0 Å². The van der Waals surface area contributed by atoms with Gasteiger partial charge in [-0.3, -0.25) is 9.69 Å². The number of carbonyl (C=O) groups is 1. The summed E-state index contributed by atoms with van der Waals surface area (Å²) in [6, 6.07) is 8.03. The monoisotopic (exact) mass is 402 g/mol. The Bertz CT molecular complexity index is 473. The van der Waals surface area contributed by atoms with Crippen LogP contribution in [0.1, 0.15) is 24.2 Å². The van der Waals surface area contributed by atoms with Crippen LogP contribution in [0.3, 0.4) is 0 Å². The first-order chi connectivity index (χ1) is 10.1. The minimum absolute atomic E-state index is 0.00688. The minimum Gasteiger partial charge on any atom is -0.379 e. The third kappa shape index (κ3) is 4.93. The van der Waals surface area contributed by atoms with E-state index in [0.717, 1.165) is 35.4 Å². The lowest BCUT2D eigenvalue weighted by Gasteiger charge is -2.36. The average molecular weight is 402 g/mol. The molecule has 1 unspecified atom stereocenters. The summed E-state index contributed by atoms with van der Waals surface area (Å²) in [7, 11) is 0. The molecule has 5 heteroatoms. The molecule has 0 aromatic heterocycles. The molecule has 116 valence electrons. The number of rotatable bonds is 5. The number of hydrogen-bond donors (Lipinski definition) is 1. The second-order valence-corrected chi connectivity index (χ2v) is 6.93. The van der Waals surface area contributed by atoms with Gasteiger partial charge in [0.15, 0.2) is 0 Å². The zero-order valence-electron chi connectivity index (χ0n) is 12.6. The van der Waals surface area contributed by atoms with Gasteiger partial charge in [-0.05, 0) is 46.7 Å². The first-order valence-electron chi connectivity index (χ1n) is 7.43. The Morgan fingerprint density at radius 1 is 1.38 bits per heavy atom. The molecule has 0 bridgehead atoms. The normalized spacial score (nSPS) is 17.7. The van der Waals surface area contributed by atoms with E-state index in [2.05, 4.69) is 46.7 Å². The molecule has 1 aromatic carbocycles. The lowest BCUT2D eigenvalue weighted by Crippen LogP contribution is -2.51. The molecule has 1 heterocycles. The number of amides is 1. The Balaban J connectivity index is 1.93. The Kier molecular flexibility index (Phi) is 6.44. The third-order valence-corrected chi connectivity index (χ3v) is 4.51. The summed E-state index contributed by atoms with van der Waals surface area (Å²) in [4.78, 5) is 14.7. The maximum absolute atomic E-state index is 12.2. The van der Waals surface area contributed by atoms with Gasteiger partial charge in [0, 0.05) is 34.8 Å². The van der Waals surface area contributed by atoms with Crippen LogP contribution < -0.4 is 5.32 Å². The van der Waals surface area contributed by atoms with E-state index in [1.807, 2.05) is 24.3 Å². The fourth-order valence-electron chi connectivity index (χ4n) is 2.62. The maximum Gasteiger partial charge on any atom is 0.251 e. The predicted molar refractivity (Wildman–Crippen MR) is 92.5 cm³/mol. The van der Waals surface area contributed by atoms with Crippen molar-refractivity contribution in [3.8, 4) is 0 Å². The van der Waals surface area contributed by atoms with Crippen molar-refractivity contribution in [3.05, 3.63) is 33.4 Å². The lowest BCUT2D eigenvalue weighted by molar-refractivity contribution is 0.00673. The fraction of sp³-hybridized carbons (Fsp3) is 0.562. The topological polar surface area (TPSA) is 41.6 Å². The summed E-state index contributed by atoms with van der Waals surface area (Å²) < 4.78 is 6.49. The van der Waals surface area contributed by atoms with Crippen LogP contribution in [-0.2, 0) is 4.74 Å². The van der Waals surface area contributed by atoms with E-state index in [-0.39, 0.29) is 5.91 Å². The number of morpholine rings is 1. The van der Waals surface area contributed by atoms with Gasteiger partial charge in [-0.15, -0.1) is 0 Å². The van der Waals surface area contributed by atoms with Gasteiger partial charge >= 0.3 is 0 Å². The van der Waals surface area contributed by atoms with E-state index in [9.17, 15) is 4.79 Å². The summed E-state index contributed by atoms with van der Waals surface area (Å²) in [5.41, 5.74) is 0.728. The molecule has 0 saturated carbocycles. The van der Waals surface area contributed by atoms with Gasteiger partial charge in [-0.25, -0.2) is 0 Å². The molecule has 1 aliphatic rings. The zero-order chi connectivity index (χ0) is 15.2. The molecule has 1 N–H and O–H groups in total. The van der Waals surface area contributed by atoms with Crippen LogP contribution in [0, 0.1) is 9.49 Å². The Labute approximate surface area is 140 Å². The van der Waals surface area contributed by atoms with Crippen molar-refractivity contribution in [1.82, 2.24) is 10.2 Å². The molecular weight excluding hydrogens is 379 g/mol. The molecule has 4 nitrogen and oxygen atoms in total. The first-order valence-corrected chi connectivity index (χ1v) is 8.51. The van der Waals surface area contributed by atoms with Crippen molar-refractivity contribution in [2.45, 2.75) is 19.9 Å². The molecule has 1 aliphatic heterocycles. The molecule has 21 heavy (non-hydrogen) atoms. The summed E-state index contributed by atoms with van der Waals surface area (Å²) in [6.07, 6.45) is 0. The smallest absolute Gasteiger partial charge is 0.251 e. The number of carbonyl (C=O) groups excluding carboxylic acids is 1. The van der Waals surface area contributed by atoms with E-state index in [0.29, 0.717) is 18.5 Å². The van der Waals surface area contributed by atoms with E-state index in [1.54, 1.807) is 0 Å². The maximum atomic E-state index is 12.2. The molecule has 1 amide bonds. The molecule has 0 radical (unpaired) electrons. The molecule has 1 atom stereocenters. The highest BCUT2D eigenvalue weighted by Crippen LogP contribution is 2.13. The van der Waals surface area contributed by atoms with Gasteiger partial charge in [0.25, 0.3) is 5.91 Å². The zero-order valence-corrected chi connectivity index (χ0v) is 14.8. The van der Waals surface area contributed by atoms with Crippen LogP contribution in [0.2, 0.25) is 0 Å². The standard InChI is InChI=1S/C16H23IN2O2/c1-12(2)15(19-6-8-21-9-7-19)11-18-16(20)13-4-3-5-14(17)10-13/h3-5,10,12,15H,6-9,11H2,1-2H3,(H,18,20). The number of nitrogens with zero attached hydrogens (tertiary/aromatic N) is 1. The van der Waals surface area contributed by atoms with Crippen molar-refractivity contribution >= 4 is 28.5 Å².